The van der Waals surface area contributed by atoms with Crippen LogP contribution in [0.2, 0.25) is 0 Å². The zero-order chi connectivity index (χ0) is 14.1. The summed E-state index contributed by atoms with van der Waals surface area (Å²) in [5.74, 6) is -3.02. The van der Waals surface area contributed by atoms with Gasteiger partial charge in [-0.05, 0) is 6.07 Å². The first kappa shape index (κ1) is 14.0. The summed E-state index contributed by atoms with van der Waals surface area (Å²) >= 11 is 0. The van der Waals surface area contributed by atoms with Crippen molar-refractivity contribution < 1.29 is 31.5 Å². The van der Waals surface area contributed by atoms with Crippen molar-refractivity contribution in [1.82, 2.24) is 9.97 Å². The van der Waals surface area contributed by atoms with Crippen LogP contribution in [-0.2, 0) is 12.4 Å². The molecule has 1 rings (SSSR count). The molecule has 0 saturated heterocycles. The van der Waals surface area contributed by atoms with E-state index in [0.29, 0.717) is 0 Å². The van der Waals surface area contributed by atoms with Crippen molar-refractivity contribution in [3.8, 4) is 0 Å². The van der Waals surface area contributed by atoms with Crippen LogP contribution in [0.4, 0.5) is 26.3 Å². The van der Waals surface area contributed by atoms with Crippen molar-refractivity contribution in [3.05, 3.63) is 23.3 Å². The topological polar surface area (TPSA) is 84.4 Å². The van der Waals surface area contributed by atoms with Crippen LogP contribution in [0.15, 0.2) is 11.2 Å². The van der Waals surface area contributed by atoms with E-state index in [1.807, 2.05) is 0 Å². The molecule has 0 spiro atoms. The van der Waals surface area contributed by atoms with Crippen LogP contribution < -0.4 is 5.73 Å². The van der Waals surface area contributed by atoms with E-state index in [1.54, 1.807) is 0 Å². The summed E-state index contributed by atoms with van der Waals surface area (Å²) in [5.41, 5.74) is 2.07. The molecular weight excluding hydrogens is 270 g/mol. The zero-order valence-electron chi connectivity index (χ0n) is 8.21. The molecule has 0 aliphatic carbocycles. The Morgan fingerprint density at radius 1 is 1.11 bits per heavy atom. The molecule has 0 radical (unpaired) electrons. The van der Waals surface area contributed by atoms with Gasteiger partial charge in [-0.2, -0.15) is 26.3 Å². The molecule has 1 heterocycles. The van der Waals surface area contributed by atoms with Crippen molar-refractivity contribution in [3.63, 3.8) is 0 Å². The maximum atomic E-state index is 12.3. The van der Waals surface area contributed by atoms with Crippen LogP contribution in [0.3, 0.4) is 0 Å². The molecule has 3 N–H and O–H groups in total. The third kappa shape index (κ3) is 2.99. The Kier molecular flexibility index (Phi) is 3.35. The lowest BCUT2D eigenvalue weighted by Crippen LogP contribution is -2.23. The monoisotopic (exact) mass is 274 g/mol. The molecule has 100 valence electrons. The number of hydrogen-bond donors (Lipinski definition) is 2. The molecule has 0 bridgehead atoms. The Bertz CT molecular complexity index is 448. The molecule has 1 aromatic heterocycles. The average Bonchev–Trinajstić information content (AvgIpc) is 2.25. The van der Waals surface area contributed by atoms with Gasteiger partial charge in [-0.25, -0.2) is 9.97 Å². The third-order valence-corrected chi connectivity index (χ3v) is 1.64. The van der Waals surface area contributed by atoms with Crippen LogP contribution in [-0.4, -0.2) is 21.0 Å². The largest absolute Gasteiger partial charge is 0.451 e. The standard InChI is InChI=1S/C7H4F6N4O/c8-6(9,10)3-1-2(4(14)17-18)15-5(16-3)7(11,12)13/h1,18H,(H2,14,17). The van der Waals surface area contributed by atoms with E-state index in [-0.39, 0.29) is 6.07 Å². The molecule has 5 nitrogen and oxygen atoms in total. The van der Waals surface area contributed by atoms with E-state index in [4.69, 9.17) is 10.9 Å². The van der Waals surface area contributed by atoms with E-state index in [1.165, 1.54) is 0 Å². The van der Waals surface area contributed by atoms with Gasteiger partial charge >= 0.3 is 12.4 Å². The summed E-state index contributed by atoms with van der Waals surface area (Å²) in [7, 11) is 0. The first-order chi connectivity index (χ1) is 8.05. The molecule has 0 amide bonds. The van der Waals surface area contributed by atoms with Gasteiger partial charge in [-0.3, -0.25) is 0 Å². The molecule has 0 fully saturated rings. The van der Waals surface area contributed by atoms with Crippen molar-refractivity contribution in [2.24, 2.45) is 10.9 Å². The van der Waals surface area contributed by atoms with E-state index < -0.39 is 35.4 Å². The minimum absolute atomic E-state index is 0.143. The Labute approximate surface area is 94.9 Å². The van der Waals surface area contributed by atoms with E-state index in [2.05, 4.69) is 15.1 Å². The highest BCUT2D eigenvalue weighted by Gasteiger charge is 2.40. The highest BCUT2D eigenvalue weighted by Crippen LogP contribution is 2.32. The molecular formula is C7H4F6N4O. The highest BCUT2D eigenvalue weighted by atomic mass is 19.4. The quantitative estimate of drug-likeness (QED) is 0.268. The second-order valence-corrected chi connectivity index (χ2v) is 2.94. The first-order valence-corrected chi connectivity index (χ1v) is 4.07. The van der Waals surface area contributed by atoms with Crippen molar-refractivity contribution in [1.29, 1.82) is 0 Å². The molecule has 0 aliphatic rings. The number of nitrogens with two attached hydrogens (primary N) is 1. The molecule has 0 unspecified atom stereocenters. The fourth-order valence-corrected chi connectivity index (χ4v) is 0.902. The summed E-state index contributed by atoms with van der Waals surface area (Å²) in [6.45, 7) is 0. The Morgan fingerprint density at radius 2 is 1.67 bits per heavy atom. The predicted molar refractivity (Wildman–Crippen MR) is 44.5 cm³/mol. The first-order valence-electron chi connectivity index (χ1n) is 4.07. The maximum absolute atomic E-state index is 12.3. The van der Waals surface area contributed by atoms with Crippen LogP contribution >= 0.6 is 0 Å². The zero-order valence-corrected chi connectivity index (χ0v) is 8.21. The van der Waals surface area contributed by atoms with Crippen molar-refractivity contribution in [2.45, 2.75) is 12.4 Å². The number of oxime groups is 1. The van der Waals surface area contributed by atoms with Crippen LogP contribution in [0.5, 0.6) is 0 Å². The van der Waals surface area contributed by atoms with Gasteiger partial charge in [0, 0.05) is 0 Å². The summed E-state index contributed by atoms with van der Waals surface area (Å²) in [4.78, 5) is 5.08. The Balaban J connectivity index is 3.49. The van der Waals surface area contributed by atoms with Gasteiger partial charge in [0.15, 0.2) is 5.84 Å². The van der Waals surface area contributed by atoms with Crippen molar-refractivity contribution >= 4 is 5.84 Å². The summed E-state index contributed by atoms with van der Waals surface area (Å²) < 4.78 is 73.7. The van der Waals surface area contributed by atoms with Crippen molar-refractivity contribution in [2.75, 3.05) is 0 Å². The van der Waals surface area contributed by atoms with Gasteiger partial charge in [0.1, 0.15) is 11.4 Å². The summed E-state index contributed by atoms with van der Waals surface area (Å²) in [5, 5.41) is 10.5. The number of nitrogens with zero attached hydrogens (tertiary/aromatic N) is 3. The molecule has 0 saturated carbocycles. The smallest absolute Gasteiger partial charge is 0.409 e. The lowest BCUT2D eigenvalue weighted by atomic mass is 10.3. The van der Waals surface area contributed by atoms with Gasteiger partial charge in [0.2, 0.25) is 5.82 Å². The lowest BCUT2D eigenvalue weighted by molar-refractivity contribution is -0.152. The third-order valence-electron chi connectivity index (χ3n) is 1.64. The number of aromatic nitrogens is 2. The number of hydrogen-bond acceptors (Lipinski definition) is 4. The van der Waals surface area contributed by atoms with Gasteiger partial charge in [-0.15, -0.1) is 0 Å². The second-order valence-electron chi connectivity index (χ2n) is 2.94. The Hall–Kier alpha value is -2.07. The van der Waals surface area contributed by atoms with E-state index in [9.17, 15) is 26.3 Å². The maximum Gasteiger partial charge on any atom is 0.451 e. The molecule has 0 aliphatic heterocycles. The number of alkyl halides is 6. The molecule has 11 heteroatoms. The Morgan fingerprint density at radius 3 is 2.06 bits per heavy atom. The summed E-state index contributed by atoms with van der Waals surface area (Å²) in [6, 6.07) is 0.143. The average molecular weight is 274 g/mol. The van der Waals surface area contributed by atoms with Gasteiger partial charge in [-0.1, -0.05) is 5.16 Å². The molecule has 1 aromatic rings. The van der Waals surface area contributed by atoms with Crippen LogP contribution in [0, 0.1) is 0 Å². The number of amidine groups is 1. The fraction of sp³-hybridized carbons (Fsp3) is 0.286. The van der Waals surface area contributed by atoms with E-state index >= 15 is 0 Å². The van der Waals surface area contributed by atoms with Gasteiger partial charge in [0.05, 0.1) is 0 Å². The van der Waals surface area contributed by atoms with Gasteiger partial charge in [0.25, 0.3) is 0 Å². The summed E-state index contributed by atoms with van der Waals surface area (Å²) in [6.07, 6.45) is -10.3. The number of halogens is 6. The van der Waals surface area contributed by atoms with Gasteiger partial charge < -0.3 is 10.9 Å². The lowest BCUT2D eigenvalue weighted by Gasteiger charge is -2.11. The van der Waals surface area contributed by atoms with E-state index in [0.717, 1.165) is 0 Å². The van der Waals surface area contributed by atoms with Crippen LogP contribution in [0.25, 0.3) is 0 Å². The minimum Gasteiger partial charge on any atom is -0.409 e. The van der Waals surface area contributed by atoms with Crippen LogP contribution in [0.1, 0.15) is 17.2 Å². The normalized spacial score (nSPS) is 13.8. The second kappa shape index (κ2) is 4.31. The highest BCUT2D eigenvalue weighted by molar-refractivity contribution is 5.95. The molecule has 0 aromatic carbocycles. The molecule has 18 heavy (non-hydrogen) atoms. The SMILES string of the molecule is N/C(=N\O)c1cc(C(F)(F)F)nc(C(F)(F)F)n1. The predicted octanol–water partition coefficient (Wildman–Crippen LogP) is 1.61. The minimum atomic E-state index is -5.19. The fourth-order valence-electron chi connectivity index (χ4n) is 0.902. The molecule has 0 atom stereocenters. The number of rotatable bonds is 1.